The van der Waals surface area contributed by atoms with Gasteiger partial charge in [-0.25, -0.2) is 4.79 Å². The standard InChI is InChI=1S/C21H18ClF3O5/c1-2-3-8-28-13-4-6-14(7-5-13)29-18-11-17-12(10-16(18)22)9-15(20(26)27)19(30-17)21(23,24)25/h4-7,9-11,19H,2-3,8H2,1H3,(H,26,27). The number of unbranched alkanes of at least 4 members (excludes halogenated alkanes) is 1. The Morgan fingerprint density at radius 1 is 1.20 bits per heavy atom. The largest absolute Gasteiger partial charge is 0.494 e. The molecule has 30 heavy (non-hydrogen) atoms. The second-order valence-electron chi connectivity index (χ2n) is 6.54. The summed E-state index contributed by atoms with van der Waals surface area (Å²) in [7, 11) is 0. The van der Waals surface area contributed by atoms with Gasteiger partial charge in [0.05, 0.1) is 17.2 Å². The molecule has 9 heteroatoms. The van der Waals surface area contributed by atoms with Crippen LogP contribution in [0.4, 0.5) is 13.2 Å². The van der Waals surface area contributed by atoms with Crippen LogP contribution in [0.15, 0.2) is 42.0 Å². The molecule has 5 nitrogen and oxygen atoms in total. The Morgan fingerprint density at radius 3 is 2.47 bits per heavy atom. The van der Waals surface area contributed by atoms with Gasteiger partial charge in [0.15, 0.2) is 0 Å². The summed E-state index contributed by atoms with van der Waals surface area (Å²) in [4.78, 5) is 11.2. The number of hydrogen-bond acceptors (Lipinski definition) is 4. The number of rotatable bonds is 7. The topological polar surface area (TPSA) is 65.0 Å². The average Bonchev–Trinajstić information content (AvgIpc) is 2.68. The van der Waals surface area contributed by atoms with Gasteiger partial charge in [-0.05, 0) is 42.8 Å². The van der Waals surface area contributed by atoms with E-state index in [1.54, 1.807) is 24.3 Å². The first-order valence-corrected chi connectivity index (χ1v) is 9.49. The molecule has 0 spiro atoms. The normalized spacial score (nSPS) is 15.6. The third-order valence-corrected chi connectivity index (χ3v) is 4.56. The SMILES string of the molecule is CCCCOc1ccc(Oc2cc3c(cc2Cl)C=C(C(=O)O)C(C(F)(F)F)O3)cc1. The van der Waals surface area contributed by atoms with Crippen molar-refractivity contribution in [2.45, 2.75) is 32.0 Å². The zero-order valence-corrected chi connectivity index (χ0v) is 16.6. The number of hydrogen-bond donors (Lipinski definition) is 1. The molecule has 0 aromatic heterocycles. The highest BCUT2D eigenvalue weighted by atomic mass is 35.5. The van der Waals surface area contributed by atoms with Crippen LogP contribution in [0.3, 0.4) is 0 Å². The molecule has 0 radical (unpaired) electrons. The summed E-state index contributed by atoms with van der Waals surface area (Å²) in [5.74, 6) is -0.773. The number of carboxylic acid groups (broad SMARTS) is 1. The van der Waals surface area contributed by atoms with Gasteiger partial charge in [0.25, 0.3) is 0 Å². The molecule has 1 atom stereocenters. The second-order valence-corrected chi connectivity index (χ2v) is 6.95. The van der Waals surface area contributed by atoms with Crippen molar-refractivity contribution in [3.05, 3.63) is 52.6 Å². The van der Waals surface area contributed by atoms with Gasteiger partial charge >= 0.3 is 12.1 Å². The number of benzene rings is 2. The highest BCUT2D eigenvalue weighted by Crippen LogP contribution is 2.42. The smallest absolute Gasteiger partial charge is 0.430 e. The molecule has 0 bridgehead atoms. The Hall–Kier alpha value is -2.87. The fraction of sp³-hybridized carbons (Fsp3) is 0.286. The van der Waals surface area contributed by atoms with Crippen LogP contribution in [0.5, 0.6) is 23.0 Å². The van der Waals surface area contributed by atoms with E-state index in [1.807, 2.05) is 0 Å². The first-order valence-electron chi connectivity index (χ1n) is 9.11. The molecule has 0 amide bonds. The van der Waals surface area contributed by atoms with Crippen LogP contribution in [0, 0.1) is 0 Å². The first kappa shape index (κ1) is 21.8. The van der Waals surface area contributed by atoms with Crippen molar-refractivity contribution in [1.82, 2.24) is 0 Å². The molecule has 1 aliphatic heterocycles. The summed E-state index contributed by atoms with van der Waals surface area (Å²) in [6.07, 6.45) is -4.64. The molecule has 1 unspecified atom stereocenters. The van der Waals surface area contributed by atoms with Crippen LogP contribution in [-0.4, -0.2) is 30.0 Å². The summed E-state index contributed by atoms with van der Waals surface area (Å²) in [5, 5.41) is 9.18. The molecule has 0 fully saturated rings. The zero-order chi connectivity index (χ0) is 21.9. The second kappa shape index (κ2) is 8.87. The average molecular weight is 443 g/mol. The van der Waals surface area contributed by atoms with Crippen LogP contribution in [0.2, 0.25) is 5.02 Å². The molecular weight excluding hydrogens is 425 g/mol. The van der Waals surface area contributed by atoms with E-state index >= 15 is 0 Å². The molecule has 2 aromatic carbocycles. The lowest BCUT2D eigenvalue weighted by Gasteiger charge is -2.27. The van der Waals surface area contributed by atoms with E-state index < -0.39 is 23.8 Å². The van der Waals surface area contributed by atoms with Gasteiger partial charge in [0, 0.05) is 11.6 Å². The molecule has 0 saturated carbocycles. The van der Waals surface area contributed by atoms with Gasteiger partial charge in [-0.3, -0.25) is 0 Å². The molecule has 0 aliphatic carbocycles. The van der Waals surface area contributed by atoms with Crippen molar-refractivity contribution >= 4 is 23.6 Å². The first-order chi connectivity index (χ1) is 14.2. The van der Waals surface area contributed by atoms with Crippen molar-refractivity contribution in [3.63, 3.8) is 0 Å². The molecule has 1 heterocycles. The number of carbonyl (C=O) groups is 1. The van der Waals surface area contributed by atoms with E-state index in [-0.39, 0.29) is 22.1 Å². The third kappa shape index (κ3) is 4.99. The molecule has 160 valence electrons. The number of aliphatic carboxylic acids is 1. The van der Waals surface area contributed by atoms with Crippen molar-refractivity contribution in [2.75, 3.05) is 6.61 Å². The number of halogens is 4. The van der Waals surface area contributed by atoms with Gasteiger partial charge in [0.2, 0.25) is 6.10 Å². The maximum absolute atomic E-state index is 13.2. The lowest BCUT2D eigenvalue weighted by atomic mass is 10.0. The van der Waals surface area contributed by atoms with Gasteiger partial charge in [-0.15, -0.1) is 0 Å². The van der Waals surface area contributed by atoms with Crippen molar-refractivity contribution in [3.8, 4) is 23.0 Å². The van der Waals surface area contributed by atoms with Crippen LogP contribution in [0.1, 0.15) is 25.3 Å². The van der Waals surface area contributed by atoms with E-state index in [0.29, 0.717) is 18.1 Å². The Kier molecular flexibility index (Phi) is 6.45. The molecule has 1 N–H and O–H groups in total. The number of ether oxygens (including phenoxy) is 3. The maximum atomic E-state index is 13.2. The molecule has 1 aliphatic rings. The molecular formula is C21H18ClF3O5. The van der Waals surface area contributed by atoms with E-state index in [9.17, 15) is 18.0 Å². The summed E-state index contributed by atoms with van der Waals surface area (Å²) in [6.45, 7) is 2.65. The summed E-state index contributed by atoms with van der Waals surface area (Å²) in [5.41, 5.74) is -0.802. The maximum Gasteiger partial charge on any atom is 0.430 e. The van der Waals surface area contributed by atoms with Crippen LogP contribution in [0.25, 0.3) is 6.08 Å². The lowest BCUT2D eigenvalue weighted by molar-refractivity contribution is -0.187. The van der Waals surface area contributed by atoms with E-state index in [1.165, 1.54) is 12.1 Å². The quantitative estimate of drug-likeness (QED) is 0.525. The Morgan fingerprint density at radius 2 is 1.87 bits per heavy atom. The van der Waals surface area contributed by atoms with Crippen molar-refractivity contribution in [1.29, 1.82) is 0 Å². The molecule has 3 rings (SSSR count). The predicted molar refractivity (Wildman–Crippen MR) is 104 cm³/mol. The third-order valence-electron chi connectivity index (χ3n) is 4.27. The van der Waals surface area contributed by atoms with Crippen molar-refractivity contribution < 1.29 is 37.3 Å². The summed E-state index contributed by atoms with van der Waals surface area (Å²) >= 11 is 6.18. The Bertz CT molecular complexity index is 954. The Balaban J connectivity index is 1.83. The van der Waals surface area contributed by atoms with Gasteiger partial charge in [0.1, 0.15) is 23.0 Å². The van der Waals surface area contributed by atoms with Crippen LogP contribution >= 0.6 is 11.6 Å². The Labute approximate surface area is 175 Å². The number of fused-ring (bicyclic) bond motifs is 1. The minimum Gasteiger partial charge on any atom is -0.494 e. The fourth-order valence-corrected chi connectivity index (χ4v) is 2.97. The highest BCUT2D eigenvalue weighted by molar-refractivity contribution is 6.32. The molecule has 2 aromatic rings. The fourth-order valence-electron chi connectivity index (χ4n) is 2.76. The number of carboxylic acids is 1. The van der Waals surface area contributed by atoms with Crippen molar-refractivity contribution in [2.24, 2.45) is 0 Å². The van der Waals surface area contributed by atoms with Gasteiger partial charge in [-0.2, -0.15) is 13.2 Å². The van der Waals surface area contributed by atoms with Crippen LogP contribution < -0.4 is 14.2 Å². The van der Waals surface area contributed by atoms with E-state index in [2.05, 4.69) is 6.92 Å². The minimum atomic E-state index is -4.89. The molecule has 0 saturated heterocycles. The zero-order valence-electron chi connectivity index (χ0n) is 15.8. The van der Waals surface area contributed by atoms with E-state index in [0.717, 1.165) is 18.9 Å². The predicted octanol–water partition coefficient (Wildman–Crippen LogP) is 6.10. The minimum absolute atomic E-state index is 0.0724. The lowest BCUT2D eigenvalue weighted by Crippen LogP contribution is -2.40. The highest BCUT2D eigenvalue weighted by Gasteiger charge is 2.48. The summed E-state index contributed by atoms with van der Waals surface area (Å²) < 4.78 is 55.8. The monoisotopic (exact) mass is 442 g/mol. The van der Waals surface area contributed by atoms with Gasteiger partial charge in [-0.1, -0.05) is 24.9 Å². The number of alkyl halides is 3. The summed E-state index contributed by atoms with van der Waals surface area (Å²) in [6, 6.07) is 9.18. The van der Waals surface area contributed by atoms with E-state index in [4.69, 9.17) is 30.9 Å². The van der Waals surface area contributed by atoms with Gasteiger partial charge < -0.3 is 19.3 Å². The van der Waals surface area contributed by atoms with Crippen LogP contribution in [-0.2, 0) is 4.79 Å².